The average Bonchev–Trinajstić information content (AvgIpc) is 2.83. The Balaban J connectivity index is 1.94. The smallest absolute Gasteiger partial charge is 0.256 e. The van der Waals surface area contributed by atoms with Crippen LogP contribution in [0.5, 0.6) is 17.2 Å². The minimum Gasteiger partial charge on any atom is -0.493 e. The maximum absolute atomic E-state index is 13.6. The monoisotopic (exact) mass is 465 g/mol. The molecular formula is C25H20FNO5S. The minimum absolute atomic E-state index is 0.256. The van der Waals surface area contributed by atoms with Gasteiger partial charge >= 0.3 is 0 Å². The van der Waals surface area contributed by atoms with Gasteiger partial charge in [-0.15, -0.1) is 11.3 Å². The van der Waals surface area contributed by atoms with Crippen LogP contribution in [0.1, 0.15) is 10.4 Å². The number of nitrogens with one attached hydrogen (secondary N) is 1. The molecule has 0 saturated carbocycles. The number of ether oxygens (including phenoxy) is 3. The number of hydrogen-bond acceptors (Lipinski definition) is 6. The van der Waals surface area contributed by atoms with Crippen molar-refractivity contribution >= 4 is 32.3 Å². The zero-order valence-electron chi connectivity index (χ0n) is 18.1. The molecule has 1 N–H and O–H groups in total. The number of anilines is 1. The number of carbonyl (C=O) groups excluding carboxylic acids is 1. The summed E-state index contributed by atoms with van der Waals surface area (Å²) in [4.78, 5) is 26.5. The largest absolute Gasteiger partial charge is 0.493 e. The summed E-state index contributed by atoms with van der Waals surface area (Å²) in [6.07, 6.45) is 0. The summed E-state index contributed by atoms with van der Waals surface area (Å²) in [7, 11) is 4.46. The average molecular weight is 466 g/mol. The van der Waals surface area contributed by atoms with Gasteiger partial charge in [0.2, 0.25) is 5.75 Å². The molecule has 4 aromatic rings. The van der Waals surface area contributed by atoms with E-state index in [1.54, 1.807) is 24.3 Å². The Bertz CT molecular complexity index is 1370. The highest BCUT2D eigenvalue weighted by Crippen LogP contribution is 2.43. The first-order valence-corrected chi connectivity index (χ1v) is 10.7. The van der Waals surface area contributed by atoms with E-state index in [4.69, 9.17) is 14.2 Å². The Morgan fingerprint density at radius 1 is 0.909 bits per heavy atom. The summed E-state index contributed by atoms with van der Waals surface area (Å²) in [5, 5.41) is 3.69. The molecule has 0 unspecified atom stereocenters. The van der Waals surface area contributed by atoms with Crippen molar-refractivity contribution in [1.82, 2.24) is 0 Å². The number of carbonyl (C=O) groups is 1. The van der Waals surface area contributed by atoms with Crippen molar-refractivity contribution < 1.29 is 23.4 Å². The summed E-state index contributed by atoms with van der Waals surface area (Å²) in [6.45, 7) is 0. The van der Waals surface area contributed by atoms with Crippen LogP contribution in [0.3, 0.4) is 0 Å². The van der Waals surface area contributed by atoms with Gasteiger partial charge in [-0.2, -0.15) is 0 Å². The normalized spacial score (nSPS) is 10.7. The van der Waals surface area contributed by atoms with Crippen LogP contribution in [0.2, 0.25) is 0 Å². The standard InChI is InChI=1S/C25H20FNO5S/c1-30-18-12-15(13-19(31-2)23(18)32-3)21-22(28)17-6-4-5-7-20(17)33-25(21)27-24(29)14-8-10-16(26)11-9-14/h4-13H,1-3H3,(H,27,29). The number of halogens is 1. The van der Waals surface area contributed by atoms with Gasteiger partial charge in [0.25, 0.3) is 5.91 Å². The van der Waals surface area contributed by atoms with Gasteiger partial charge in [0.05, 0.1) is 26.9 Å². The van der Waals surface area contributed by atoms with Crippen molar-refractivity contribution in [2.45, 2.75) is 0 Å². The quantitative estimate of drug-likeness (QED) is 0.416. The van der Waals surface area contributed by atoms with E-state index < -0.39 is 11.7 Å². The number of amides is 1. The van der Waals surface area contributed by atoms with E-state index in [-0.39, 0.29) is 16.6 Å². The molecule has 1 amide bonds. The number of benzene rings is 3. The van der Waals surface area contributed by atoms with E-state index in [0.717, 1.165) is 0 Å². The SMILES string of the molecule is COc1cc(-c2c(NC(=O)c3ccc(F)cc3)sc3ccccc3c2=O)cc(OC)c1OC. The van der Waals surface area contributed by atoms with Crippen LogP contribution in [0.15, 0.2) is 65.5 Å². The van der Waals surface area contributed by atoms with Crippen LogP contribution in [0.25, 0.3) is 21.2 Å². The zero-order valence-corrected chi connectivity index (χ0v) is 18.9. The number of methoxy groups -OCH3 is 3. The second-order valence-corrected chi connectivity index (χ2v) is 8.06. The summed E-state index contributed by atoms with van der Waals surface area (Å²) >= 11 is 1.27. The molecule has 0 aliphatic carbocycles. The molecule has 33 heavy (non-hydrogen) atoms. The maximum Gasteiger partial charge on any atom is 0.256 e. The van der Waals surface area contributed by atoms with E-state index in [9.17, 15) is 14.0 Å². The Hall–Kier alpha value is -3.91. The lowest BCUT2D eigenvalue weighted by Gasteiger charge is -2.16. The lowest BCUT2D eigenvalue weighted by molar-refractivity contribution is 0.102. The topological polar surface area (TPSA) is 73.9 Å². The van der Waals surface area contributed by atoms with Gasteiger partial charge in [-0.05, 0) is 54.1 Å². The van der Waals surface area contributed by atoms with E-state index in [1.165, 1.54) is 56.9 Å². The van der Waals surface area contributed by atoms with Gasteiger partial charge in [-0.3, -0.25) is 9.59 Å². The van der Waals surface area contributed by atoms with E-state index in [0.29, 0.717) is 37.9 Å². The van der Waals surface area contributed by atoms with E-state index >= 15 is 0 Å². The predicted molar refractivity (Wildman–Crippen MR) is 128 cm³/mol. The fourth-order valence-electron chi connectivity index (χ4n) is 3.49. The summed E-state index contributed by atoms with van der Waals surface area (Å²) < 4.78 is 30.3. The molecule has 6 nitrogen and oxygen atoms in total. The summed E-state index contributed by atoms with van der Waals surface area (Å²) in [5.41, 5.74) is 0.785. The van der Waals surface area contributed by atoms with Crippen molar-refractivity contribution in [2.75, 3.05) is 26.6 Å². The minimum atomic E-state index is -0.463. The highest BCUT2D eigenvalue weighted by Gasteiger charge is 2.21. The molecule has 4 rings (SSSR count). The first kappa shape index (κ1) is 22.3. The van der Waals surface area contributed by atoms with Crippen LogP contribution >= 0.6 is 11.3 Å². The van der Waals surface area contributed by atoms with Crippen molar-refractivity contribution in [2.24, 2.45) is 0 Å². The third kappa shape index (κ3) is 4.25. The Morgan fingerprint density at radius 2 is 1.55 bits per heavy atom. The number of rotatable bonds is 6. The van der Waals surface area contributed by atoms with E-state index in [2.05, 4.69) is 5.32 Å². The molecule has 168 valence electrons. The molecule has 8 heteroatoms. The first-order chi connectivity index (χ1) is 16.0. The van der Waals surface area contributed by atoms with Crippen molar-refractivity contribution in [1.29, 1.82) is 0 Å². The van der Waals surface area contributed by atoms with Crippen molar-refractivity contribution in [3.05, 3.63) is 82.3 Å². The second-order valence-electron chi connectivity index (χ2n) is 7.01. The highest BCUT2D eigenvalue weighted by molar-refractivity contribution is 7.22. The second kappa shape index (κ2) is 9.30. The van der Waals surface area contributed by atoms with Crippen molar-refractivity contribution in [3.8, 4) is 28.4 Å². The molecule has 3 aromatic carbocycles. The Morgan fingerprint density at radius 3 is 2.15 bits per heavy atom. The van der Waals surface area contributed by atoms with Gasteiger partial charge in [-0.1, -0.05) is 12.1 Å². The molecular weight excluding hydrogens is 445 g/mol. The first-order valence-electron chi connectivity index (χ1n) is 9.90. The molecule has 0 atom stereocenters. The lowest BCUT2D eigenvalue weighted by atomic mass is 10.0. The van der Waals surface area contributed by atoms with Gasteiger partial charge in [0.15, 0.2) is 16.9 Å². The lowest BCUT2D eigenvalue weighted by Crippen LogP contribution is -2.15. The number of fused-ring (bicyclic) bond motifs is 1. The number of hydrogen-bond donors (Lipinski definition) is 1. The van der Waals surface area contributed by atoms with E-state index in [1.807, 2.05) is 12.1 Å². The van der Waals surface area contributed by atoms with Gasteiger partial charge in [0, 0.05) is 15.6 Å². The molecule has 0 bridgehead atoms. The Kier molecular flexibility index (Phi) is 6.28. The molecule has 0 saturated heterocycles. The predicted octanol–water partition coefficient (Wildman–Crippen LogP) is 5.35. The molecule has 0 spiro atoms. The highest BCUT2D eigenvalue weighted by atomic mass is 32.1. The van der Waals surface area contributed by atoms with Gasteiger partial charge in [0.1, 0.15) is 10.8 Å². The third-order valence-electron chi connectivity index (χ3n) is 5.08. The van der Waals surface area contributed by atoms with Crippen LogP contribution < -0.4 is 25.0 Å². The fraction of sp³-hybridized carbons (Fsp3) is 0.120. The molecule has 0 aliphatic heterocycles. The fourth-order valence-corrected chi connectivity index (χ4v) is 4.59. The van der Waals surface area contributed by atoms with Crippen molar-refractivity contribution in [3.63, 3.8) is 0 Å². The van der Waals surface area contributed by atoms with Crippen LogP contribution in [0, 0.1) is 5.82 Å². The molecule has 0 radical (unpaired) electrons. The molecule has 0 fully saturated rings. The zero-order chi connectivity index (χ0) is 23.5. The summed E-state index contributed by atoms with van der Waals surface area (Å²) in [6, 6.07) is 15.7. The van der Waals surface area contributed by atoms with Crippen LogP contribution in [-0.2, 0) is 0 Å². The van der Waals surface area contributed by atoms with Crippen LogP contribution in [-0.4, -0.2) is 27.2 Å². The summed E-state index contributed by atoms with van der Waals surface area (Å²) in [5.74, 6) is 0.229. The molecule has 1 heterocycles. The van der Waals surface area contributed by atoms with Crippen LogP contribution in [0.4, 0.5) is 9.39 Å². The third-order valence-corrected chi connectivity index (χ3v) is 6.17. The van der Waals surface area contributed by atoms with Gasteiger partial charge in [-0.25, -0.2) is 4.39 Å². The Labute approximate surface area is 193 Å². The van der Waals surface area contributed by atoms with Gasteiger partial charge < -0.3 is 19.5 Å². The molecule has 0 aliphatic rings. The molecule has 1 aromatic heterocycles. The maximum atomic E-state index is 13.6.